The Morgan fingerprint density at radius 2 is 2.12 bits per heavy atom. The molecule has 1 aromatic carbocycles. The largest absolute Gasteiger partial charge is 0.492 e. The fourth-order valence-electron chi connectivity index (χ4n) is 3.09. The Balaban J connectivity index is 1.50. The zero-order valence-electron chi connectivity index (χ0n) is 15.4. The molecular formula is C18H25N3O3S2. The molecule has 0 saturated carbocycles. The van der Waals surface area contributed by atoms with Crippen LogP contribution in [0.25, 0.3) is 0 Å². The first kappa shape index (κ1) is 19.2. The highest BCUT2D eigenvalue weighted by Gasteiger charge is 2.29. The van der Waals surface area contributed by atoms with Gasteiger partial charge >= 0.3 is 0 Å². The number of benzene rings is 1. The Morgan fingerprint density at radius 3 is 2.85 bits per heavy atom. The molecule has 2 heterocycles. The monoisotopic (exact) mass is 395 g/mol. The summed E-state index contributed by atoms with van der Waals surface area (Å²) < 4.78 is 31.0. The van der Waals surface area contributed by atoms with Gasteiger partial charge in [-0.1, -0.05) is 23.9 Å². The lowest BCUT2D eigenvalue weighted by Crippen LogP contribution is -2.11. The molecule has 2 aromatic rings. The van der Waals surface area contributed by atoms with Crippen LogP contribution in [0.5, 0.6) is 5.75 Å². The second kappa shape index (κ2) is 8.00. The summed E-state index contributed by atoms with van der Waals surface area (Å²) in [6, 6.07) is 6.19. The van der Waals surface area contributed by atoms with Crippen molar-refractivity contribution in [2.45, 2.75) is 31.8 Å². The Kier molecular flexibility index (Phi) is 5.92. The van der Waals surface area contributed by atoms with Crippen LogP contribution >= 0.6 is 11.8 Å². The summed E-state index contributed by atoms with van der Waals surface area (Å²) in [6.45, 7) is 4.69. The third-order valence-electron chi connectivity index (χ3n) is 4.64. The number of hydrogen-bond donors (Lipinski definition) is 0. The Hall–Kier alpha value is -1.54. The minimum Gasteiger partial charge on any atom is -0.492 e. The van der Waals surface area contributed by atoms with Gasteiger partial charge < -0.3 is 9.30 Å². The van der Waals surface area contributed by atoms with Crippen LogP contribution in [0.2, 0.25) is 0 Å². The lowest BCUT2D eigenvalue weighted by molar-refractivity contribution is 0.341. The van der Waals surface area contributed by atoms with E-state index < -0.39 is 9.84 Å². The smallest absolute Gasteiger partial charge is 0.191 e. The van der Waals surface area contributed by atoms with Gasteiger partial charge in [-0.25, -0.2) is 8.42 Å². The molecule has 1 aliphatic rings. The van der Waals surface area contributed by atoms with Crippen LogP contribution in [0, 0.1) is 19.8 Å². The van der Waals surface area contributed by atoms with Crippen LogP contribution in [-0.4, -0.2) is 47.0 Å². The lowest BCUT2D eigenvalue weighted by Gasteiger charge is -2.10. The zero-order valence-corrected chi connectivity index (χ0v) is 17.1. The molecule has 0 spiro atoms. The van der Waals surface area contributed by atoms with E-state index in [2.05, 4.69) is 35.3 Å². The van der Waals surface area contributed by atoms with Gasteiger partial charge in [-0.15, -0.1) is 10.2 Å². The van der Waals surface area contributed by atoms with Crippen LogP contribution in [-0.2, 0) is 23.3 Å². The van der Waals surface area contributed by atoms with Gasteiger partial charge in [0, 0.05) is 19.2 Å². The summed E-state index contributed by atoms with van der Waals surface area (Å²) in [5.74, 6) is 3.28. The molecule has 6 nitrogen and oxygen atoms in total. The molecule has 3 rings (SSSR count). The van der Waals surface area contributed by atoms with Crippen molar-refractivity contribution in [1.29, 1.82) is 0 Å². The van der Waals surface area contributed by atoms with Gasteiger partial charge in [0.2, 0.25) is 0 Å². The van der Waals surface area contributed by atoms with E-state index in [4.69, 9.17) is 4.74 Å². The average molecular weight is 396 g/mol. The number of aromatic nitrogens is 3. The molecule has 1 aliphatic heterocycles. The van der Waals surface area contributed by atoms with E-state index in [9.17, 15) is 8.42 Å². The van der Waals surface area contributed by atoms with E-state index in [1.54, 1.807) is 11.8 Å². The van der Waals surface area contributed by atoms with Crippen molar-refractivity contribution in [3.63, 3.8) is 0 Å². The summed E-state index contributed by atoms with van der Waals surface area (Å²) in [6.07, 6.45) is 1.39. The normalized spacial score (nSPS) is 19.0. The molecule has 26 heavy (non-hydrogen) atoms. The summed E-state index contributed by atoms with van der Waals surface area (Å²) in [5, 5.41) is 9.33. The Bertz CT molecular complexity index is 878. The van der Waals surface area contributed by atoms with Gasteiger partial charge in [-0.2, -0.15) is 0 Å². The maximum atomic E-state index is 11.6. The van der Waals surface area contributed by atoms with Gasteiger partial charge in [0.15, 0.2) is 15.0 Å². The van der Waals surface area contributed by atoms with Crippen LogP contribution in [0.4, 0.5) is 0 Å². The molecule has 1 aromatic heterocycles. The van der Waals surface area contributed by atoms with Gasteiger partial charge in [-0.3, -0.25) is 0 Å². The molecule has 1 atom stereocenters. The molecule has 1 unspecified atom stereocenters. The maximum Gasteiger partial charge on any atom is 0.191 e. The van der Waals surface area contributed by atoms with Gasteiger partial charge in [-0.05, 0) is 43.4 Å². The quantitative estimate of drug-likeness (QED) is 0.530. The van der Waals surface area contributed by atoms with E-state index >= 15 is 0 Å². The molecule has 0 amide bonds. The first-order chi connectivity index (χ1) is 12.3. The van der Waals surface area contributed by atoms with E-state index in [1.807, 2.05) is 18.5 Å². The average Bonchev–Trinajstić information content (AvgIpc) is 3.10. The highest BCUT2D eigenvalue weighted by atomic mass is 32.2. The zero-order chi connectivity index (χ0) is 18.7. The third-order valence-corrected chi connectivity index (χ3v) is 7.46. The third kappa shape index (κ3) is 4.79. The standard InChI is InChI=1S/C18H25N3O3S2/c1-13-4-5-14(2)16(10-13)24-7-8-25-18-20-19-17(21(18)3)11-15-6-9-26(22,23)12-15/h4-5,10,15H,6-9,11-12H2,1-3H3. The van der Waals surface area contributed by atoms with Gasteiger partial charge in [0.05, 0.1) is 18.1 Å². The van der Waals surface area contributed by atoms with Crippen molar-refractivity contribution in [1.82, 2.24) is 14.8 Å². The topological polar surface area (TPSA) is 74.1 Å². The van der Waals surface area contributed by atoms with Crippen LogP contribution in [0.3, 0.4) is 0 Å². The first-order valence-electron chi connectivity index (χ1n) is 8.75. The number of hydrogen-bond acceptors (Lipinski definition) is 6. The molecule has 0 radical (unpaired) electrons. The van der Waals surface area contributed by atoms with Crippen LogP contribution in [0.1, 0.15) is 23.4 Å². The fourth-order valence-corrected chi connectivity index (χ4v) is 5.70. The molecule has 1 fully saturated rings. The van der Waals surface area contributed by atoms with E-state index in [1.165, 1.54) is 5.56 Å². The predicted octanol–water partition coefficient (Wildman–Crippen LogP) is 2.58. The summed E-state index contributed by atoms with van der Waals surface area (Å²) >= 11 is 1.60. The van der Waals surface area contributed by atoms with Crippen molar-refractivity contribution < 1.29 is 13.2 Å². The highest BCUT2D eigenvalue weighted by Crippen LogP contribution is 2.24. The number of ether oxygens (including phenoxy) is 1. The predicted molar refractivity (Wildman–Crippen MR) is 104 cm³/mol. The molecule has 142 valence electrons. The number of sulfone groups is 1. The second-order valence-electron chi connectivity index (χ2n) is 6.90. The Morgan fingerprint density at radius 1 is 1.31 bits per heavy atom. The minimum atomic E-state index is -2.85. The van der Waals surface area contributed by atoms with Crippen molar-refractivity contribution in [3.05, 3.63) is 35.2 Å². The van der Waals surface area contributed by atoms with Gasteiger partial charge in [0.25, 0.3) is 0 Å². The van der Waals surface area contributed by atoms with Gasteiger partial charge in [0.1, 0.15) is 11.6 Å². The molecule has 8 heteroatoms. The van der Waals surface area contributed by atoms with Crippen molar-refractivity contribution >= 4 is 21.6 Å². The number of nitrogens with zero attached hydrogens (tertiary/aromatic N) is 3. The Labute approximate surface area is 159 Å². The van der Waals surface area contributed by atoms with Crippen LogP contribution in [0.15, 0.2) is 23.4 Å². The number of thioether (sulfide) groups is 1. The van der Waals surface area contributed by atoms with Crippen molar-refractivity contribution in [3.8, 4) is 5.75 Å². The minimum absolute atomic E-state index is 0.161. The molecular weight excluding hydrogens is 370 g/mol. The number of rotatable bonds is 7. The summed E-state index contributed by atoms with van der Waals surface area (Å²) in [7, 11) is -0.914. The molecule has 1 saturated heterocycles. The maximum absolute atomic E-state index is 11.6. The highest BCUT2D eigenvalue weighted by molar-refractivity contribution is 7.99. The second-order valence-corrected chi connectivity index (χ2v) is 10.2. The first-order valence-corrected chi connectivity index (χ1v) is 11.6. The molecule has 0 aliphatic carbocycles. The molecule has 0 N–H and O–H groups in total. The SMILES string of the molecule is Cc1ccc(C)c(OCCSc2nnc(CC3CCS(=O)(=O)C3)n2C)c1. The fraction of sp³-hybridized carbons (Fsp3) is 0.556. The van der Waals surface area contributed by atoms with E-state index in [0.717, 1.165) is 34.5 Å². The number of aryl methyl sites for hydroxylation is 2. The van der Waals surface area contributed by atoms with Crippen LogP contribution < -0.4 is 4.74 Å². The van der Waals surface area contributed by atoms with Crippen molar-refractivity contribution in [2.24, 2.45) is 13.0 Å². The summed E-state index contributed by atoms with van der Waals surface area (Å²) in [4.78, 5) is 0. The van der Waals surface area contributed by atoms with E-state index in [0.29, 0.717) is 18.8 Å². The summed E-state index contributed by atoms with van der Waals surface area (Å²) in [5.41, 5.74) is 2.32. The van der Waals surface area contributed by atoms with E-state index in [-0.39, 0.29) is 11.7 Å². The molecule has 0 bridgehead atoms. The lowest BCUT2D eigenvalue weighted by atomic mass is 10.1. The van der Waals surface area contributed by atoms with Crippen molar-refractivity contribution in [2.75, 3.05) is 23.9 Å².